The summed E-state index contributed by atoms with van der Waals surface area (Å²) in [6.07, 6.45) is 6.80. The second-order valence-electron chi connectivity index (χ2n) is 7.35. The minimum absolute atomic E-state index is 0.00576. The van der Waals surface area contributed by atoms with Crippen LogP contribution in [0.15, 0.2) is 22.6 Å². The van der Waals surface area contributed by atoms with Crippen LogP contribution in [-0.4, -0.2) is 43.0 Å². The van der Waals surface area contributed by atoms with Crippen LogP contribution in [0.2, 0.25) is 0 Å². The van der Waals surface area contributed by atoms with E-state index >= 15 is 0 Å². The van der Waals surface area contributed by atoms with Gasteiger partial charge in [-0.2, -0.15) is 0 Å². The highest BCUT2D eigenvalue weighted by Crippen LogP contribution is 2.33. The molecule has 2 heterocycles. The van der Waals surface area contributed by atoms with Gasteiger partial charge in [0.1, 0.15) is 17.1 Å². The summed E-state index contributed by atoms with van der Waals surface area (Å²) in [4.78, 5) is 25.4. The third kappa shape index (κ3) is 4.10. The van der Waals surface area contributed by atoms with Crippen molar-refractivity contribution in [3.63, 3.8) is 0 Å². The van der Waals surface area contributed by atoms with Crippen molar-refractivity contribution in [1.29, 1.82) is 0 Å². The van der Waals surface area contributed by atoms with E-state index in [1.54, 1.807) is 0 Å². The zero-order valence-corrected chi connectivity index (χ0v) is 15.6. The summed E-state index contributed by atoms with van der Waals surface area (Å²) in [6.45, 7) is 2.10. The molecule has 1 aromatic heterocycles. The first-order valence-corrected chi connectivity index (χ1v) is 9.92. The normalized spacial score (nSPS) is 16.6. The van der Waals surface area contributed by atoms with E-state index in [-0.39, 0.29) is 18.4 Å². The van der Waals surface area contributed by atoms with Gasteiger partial charge in [-0.1, -0.05) is 0 Å². The molecule has 1 aromatic carbocycles. The van der Waals surface area contributed by atoms with Crippen LogP contribution in [0, 0.1) is 0 Å². The third-order valence-electron chi connectivity index (χ3n) is 5.39. The van der Waals surface area contributed by atoms with Gasteiger partial charge < -0.3 is 19.4 Å². The molecule has 6 nitrogen and oxygen atoms in total. The number of nitrogens with zero attached hydrogens (tertiary/aromatic N) is 1. The van der Waals surface area contributed by atoms with Gasteiger partial charge in [-0.25, -0.2) is 0 Å². The SMILES string of the molecule is O=C(COc1ccc2oc3c(c2c1)CCCC3)NCCCN1CCCC1=O. The summed E-state index contributed by atoms with van der Waals surface area (Å²) in [5, 5.41) is 3.96. The first-order valence-electron chi connectivity index (χ1n) is 9.92. The van der Waals surface area contributed by atoms with Crippen LogP contribution in [0.3, 0.4) is 0 Å². The molecule has 0 unspecified atom stereocenters. The molecule has 4 rings (SSSR count). The molecule has 0 atom stereocenters. The first kappa shape index (κ1) is 17.9. The smallest absolute Gasteiger partial charge is 0.257 e. The number of carbonyl (C=O) groups is 2. The molecular formula is C21H26N2O4. The molecule has 1 aliphatic carbocycles. The number of carbonyl (C=O) groups excluding carboxylic acids is 2. The number of rotatable bonds is 7. The van der Waals surface area contributed by atoms with Gasteiger partial charge >= 0.3 is 0 Å². The molecular weight excluding hydrogens is 344 g/mol. The standard InChI is InChI=1S/C21H26N2O4/c24-20(22-10-4-12-23-11-3-7-21(23)25)14-26-15-8-9-19-17(13-15)16-5-1-2-6-18(16)27-19/h8-9,13H,1-7,10-12,14H2,(H,22,24). The molecule has 2 amide bonds. The van der Waals surface area contributed by atoms with E-state index in [0.717, 1.165) is 49.0 Å². The van der Waals surface area contributed by atoms with Gasteiger partial charge in [0.25, 0.3) is 5.91 Å². The lowest BCUT2D eigenvalue weighted by atomic mass is 9.96. The molecule has 0 radical (unpaired) electrons. The number of hydrogen-bond donors (Lipinski definition) is 1. The number of benzene rings is 1. The second kappa shape index (κ2) is 8.03. The topological polar surface area (TPSA) is 71.8 Å². The minimum atomic E-state index is -0.142. The molecule has 0 bridgehead atoms. The maximum absolute atomic E-state index is 12.0. The van der Waals surface area contributed by atoms with E-state index < -0.39 is 0 Å². The Labute approximate surface area is 158 Å². The number of hydrogen-bond acceptors (Lipinski definition) is 4. The van der Waals surface area contributed by atoms with E-state index in [1.807, 2.05) is 23.1 Å². The summed E-state index contributed by atoms with van der Waals surface area (Å²) in [5.41, 5.74) is 2.19. The van der Waals surface area contributed by atoms with Crippen molar-refractivity contribution in [1.82, 2.24) is 10.2 Å². The molecule has 2 aliphatic rings. The van der Waals surface area contributed by atoms with Gasteiger partial charge in [0.2, 0.25) is 5.91 Å². The average molecular weight is 370 g/mol. The number of fused-ring (bicyclic) bond motifs is 3. The third-order valence-corrected chi connectivity index (χ3v) is 5.39. The number of nitrogens with one attached hydrogen (secondary N) is 1. The van der Waals surface area contributed by atoms with E-state index in [0.29, 0.717) is 25.3 Å². The van der Waals surface area contributed by atoms with Gasteiger partial charge in [0.05, 0.1) is 0 Å². The molecule has 1 N–H and O–H groups in total. The molecule has 1 aliphatic heterocycles. The number of furan rings is 1. The van der Waals surface area contributed by atoms with Gasteiger partial charge in [-0.15, -0.1) is 0 Å². The predicted molar refractivity (Wildman–Crippen MR) is 102 cm³/mol. The molecule has 144 valence electrons. The monoisotopic (exact) mass is 370 g/mol. The van der Waals surface area contributed by atoms with Crippen molar-refractivity contribution in [2.75, 3.05) is 26.2 Å². The first-order chi connectivity index (χ1) is 13.2. The molecule has 0 spiro atoms. The van der Waals surface area contributed by atoms with Gasteiger partial charge in [-0.3, -0.25) is 9.59 Å². The van der Waals surface area contributed by atoms with Crippen molar-refractivity contribution < 1.29 is 18.7 Å². The minimum Gasteiger partial charge on any atom is -0.484 e. The van der Waals surface area contributed by atoms with E-state index in [2.05, 4.69) is 5.32 Å². The van der Waals surface area contributed by atoms with Crippen LogP contribution in [0.25, 0.3) is 11.0 Å². The number of likely N-dealkylation sites (tertiary alicyclic amines) is 1. The van der Waals surface area contributed by atoms with Crippen molar-refractivity contribution in [3.05, 3.63) is 29.5 Å². The van der Waals surface area contributed by atoms with Crippen molar-refractivity contribution >= 4 is 22.8 Å². The maximum atomic E-state index is 12.0. The Balaban J connectivity index is 1.24. The summed E-state index contributed by atoms with van der Waals surface area (Å²) in [7, 11) is 0. The zero-order chi connectivity index (χ0) is 18.6. The Bertz CT molecular complexity index is 842. The Morgan fingerprint density at radius 3 is 2.93 bits per heavy atom. The van der Waals surface area contributed by atoms with Crippen molar-refractivity contribution in [2.45, 2.75) is 44.9 Å². The zero-order valence-electron chi connectivity index (χ0n) is 15.6. The summed E-state index contributed by atoms with van der Waals surface area (Å²) in [6, 6.07) is 5.76. The molecule has 6 heteroatoms. The van der Waals surface area contributed by atoms with Crippen LogP contribution in [-0.2, 0) is 22.4 Å². The van der Waals surface area contributed by atoms with Gasteiger partial charge in [0, 0.05) is 43.4 Å². The Hall–Kier alpha value is -2.50. The summed E-state index contributed by atoms with van der Waals surface area (Å²) < 4.78 is 11.6. The van der Waals surface area contributed by atoms with Crippen LogP contribution in [0.1, 0.15) is 43.4 Å². The molecule has 2 aromatic rings. The van der Waals surface area contributed by atoms with E-state index in [9.17, 15) is 9.59 Å². The molecule has 1 saturated heterocycles. The lowest BCUT2D eigenvalue weighted by Crippen LogP contribution is -2.33. The van der Waals surface area contributed by atoms with E-state index in [1.165, 1.54) is 18.4 Å². The van der Waals surface area contributed by atoms with Crippen LogP contribution in [0.4, 0.5) is 0 Å². The van der Waals surface area contributed by atoms with Crippen LogP contribution in [0.5, 0.6) is 5.75 Å². The Morgan fingerprint density at radius 1 is 1.19 bits per heavy atom. The van der Waals surface area contributed by atoms with E-state index in [4.69, 9.17) is 9.15 Å². The van der Waals surface area contributed by atoms with Gasteiger partial charge in [-0.05, 0) is 50.3 Å². The average Bonchev–Trinajstić information content (AvgIpc) is 3.26. The molecule has 27 heavy (non-hydrogen) atoms. The van der Waals surface area contributed by atoms with Gasteiger partial charge in [0.15, 0.2) is 6.61 Å². The van der Waals surface area contributed by atoms with Crippen molar-refractivity contribution in [2.24, 2.45) is 0 Å². The highest BCUT2D eigenvalue weighted by atomic mass is 16.5. The Kier molecular flexibility index (Phi) is 5.32. The number of amides is 2. The Morgan fingerprint density at radius 2 is 2.07 bits per heavy atom. The fraction of sp³-hybridized carbons (Fsp3) is 0.524. The van der Waals surface area contributed by atoms with Crippen LogP contribution < -0.4 is 10.1 Å². The highest BCUT2D eigenvalue weighted by molar-refractivity contribution is 5.84. The number of ether oxygens (including phenoxy) is 1. The lowest BCUT2D eigenvalue weighted by molar-refractivity contribution is -0.127. The number of aryl methyl sites for hydroxylation is 2. The predicted octanol–water partition coefficient (Wildman–Crippen LogP) is 2.82. The lowest BCUT2D eigenvalue weighted by Gasteiger charge is -2.15. The summed E-state index contributed by atoms with van der Waals surface area (Å²) in [5.74, 6) is 1.87. The van der Waals surface area contributed by atoms with Crippen LogP contribution >= 0.6 is 0 Å². The fourth-order valence-corrected chi connectivity index (χ4v) is 3.97. The quantitative estimate of drug-likeness (QED) is 0.761. The maximum Gasteiger partial charge on any atom is 0.257 e. The molecule has 0 saturated carbocycles. The molecule has 1 fully saturated rings. The second-order valence-corrected chi connectivity index (χ2v) is 7.35. The fourth-order valence-electron chi connectivity index (χ4n) is 3.97. The largest absolute Gasteiger partial charge is 0.484 e. The summed E-state index contributed by atoms with van der Waals surface area (Å²) >= 11 is 0. The van der Waals surface area contributed by atoms with Crippen molar-refractivity contribution in [3.8, 4) is 5.75 Å². The highest BCUT2D eigenvalue weighted by Gasteiger charge is 2.19.